The Balaban J connectivity index is 2.35. The van der Waals surface area contributed by atoms with E-state index in [-0.39, 0.29) is 11.5 Å². The van der Waals surface area contributed by atoms with Crippen molar-refractivity contribution in [1.29, 1.82) is 10.5 Å². The van der Waals surface area contributed by atoms with Crippen LogP contribution in [-0.2, 0) is 0 Å². The third kappa shape index (κ3) is 1.96. The molecular weight excluding hydrogens is 276 g/mol. The van der Waals surface area contributed by atoms with Crippen LogP contribution >= 0.6 is 0 Å². The Morgan fingerprint density at radius 3 is 2.27 bits per heavy atom. The number of rotatable bonds is 1. The quantitative estimate of drug-likeness (QED) is 0.660. The Hall–Kier alpha value is -3.64. The van der Waals surface area contributed by atoms with Gasteiger partial charge in [-0.1, -0.05) is 12.1 Å². The summed E-state index contributed by atoms with van der Waals surface area (Å²) in [6, 6.07) is 14.3. The highest BCUT2D eigenvalue weighted by atomic mass is 15.0. The number of benzene rings is 2. The van der Waals surface area contributed by atoms with Crippen LogP contribution < -0.4 is 11.5 Å². The maximum absolute atomic E-state index is 9.21. The van der Waals surface area contributed by atoms with E-state index in [0.717, 1.165) is 0 Å². The molecule has 6 nitrogen and oxygen atoms in total. The van der Waals surface area contributed by atoms with Crippen molar-refractivity contribution in [3.63, 3.8) is 0 Å². The second kappa shape index (κ2) is 5.04. The van der Waals surface area contributed by atoms with Crippen LogP contribution in [0.4, 0.5) is 11.5 Å². The van der Waals surface area contributed by atoms with E-state index in [1.807, 2.05) is 6.07 Å². The molecule has 0 atom stereocenters. The van der Waals surface area contributed by atoms with Crippen LogP contribution in [0.1, 0.15) is 11.1 Å². The second-order valence-electron chi connectivity index (χ2n) is 4.62. The van der Waals surface area contributed by atoms with Gasteiger partial charge in [-0.3, -0.25) is 0 Å². The summed E-state index contributed by atoms with van der Waals surface area (Å²) in [5.74, 6) is 0.557. The van der Waals surface area contributed by atoms with Gasteiger partial charge in [0, 0.05) is 10.9 Å². The molecule has 1 heterocycles. The minimum absolute atomic E-state index is 0.263. The molecule has 0 aliphatic rings. The van der Waals surface area contributed by atoms with E-state index in [1.165, 1.54) is 0 Å². The molecule has 3 rings (SSSR count). The number of hydrogen-bond acceptors (Lipinski definition) is 6. The molecule has 2 aromatic carbocycles. The maximum Gasteiger partial charge on any atom is 0.164 e. The monoisotopic (exact) mass is 286 g/mol. The zero-order chi connectivity index (χ0) is 15.7. The number of aromatic nitrogens is 2. The lowest BCUT2D eigenvalue weighted by molar-refractivity contribution is 1.23. The number of nitrogens with two attached hydrogens (primary N) is 2. The number of nitriles is 2. The molecule has 0 saturated carbocycles. The van der Waals surface area contributed by atoms with E-state index >= 15 is 0 Å². The van der Waals surface area contributed by atoms with Crippen LogP contribution in [0.3, 0.4) is 0 Å². The van der Waals surface area contributed by atoms with Crippen molar-refractivity contribution in [2.75, 3.05) is 11.5 Å². The zero-order valence-corrected chi connectivity index (χ0v) is 11.4. The standard InChI is InChI=1S/C16H10N6/c17-7-9-3-1-5-11(13(9)19)16-21-14-10(8-18)4-2-6-12(14)15(20)22-16/h1-6H,19H2,(H2,20,21,22). The molecule has 0 bridgehead atoms. The summed E-state index contributed by atoms with van der Waals surface area (Å²) in [5.41, 5.74) is 14.0. The molecule has 0 unspecified atom stereocenters. The molecule has 0 saturated heterocycles. The molecular formula is C16H10N6. The number of para-hydroxylation sites is 2. The Labute approximate surface area is 126 Å². The number of nitrogen functional groups attached to an aromatic ring is 2. The topological polar surface area (TPSA) is 125 Å². The number of fused-ring (bicyclic) bond motifs is 1. The van der Waals surface area contributed by atoms with E-state index in [1.54, 1.807) is 36.4 Å². The predicted octanol–water partition coefficient (Wildman–Crippen LogP) is 2.20. The third-order valence-electron chi connectivity index (χ3n) is 3.34. The lowest BCUT2D eigenvalue weighted by atomic mass is 10.1. The van der Waals surface area contributed by atoms with Crippen LogP contribution in [-0.4, -0.2) is 9.97 Å². The third-order valence-corrected chi connectivity index (χ3v) is 3.34. The summed E-state index contributed by atoms with van der Waals surface area (Å²) in [7, 11) is 0. The predicted molar refractivity (Wildman–Crippen MR) is 83.2 cm³/mol. The largest absolute Gasteiger partial charge is 0.397 e. The summed E-state index contributed by atoms with van der Waals surface area (Å²) >= 11 is 0. The zero-order valence-electron chi connectivity index (χ0n) is 11.4. The average Bonchev–Trinajstić information content (AvgIpc) is 2.54. The van der Waals surface area contributed by atoms with Gasteiger partial charge in [-0.2, -0.15) is 10.5 Å². The van der Waals surface area contributed by atoms with E-state index < -0.39 is 0 Å². The molecule has 0 spiro atoms. The highest BCUT2D eigenvalue weighted by Crippen LogP contribution is 2.29. The molecule has 0 aliphatic heterocycles. The first kappa shape index (κ1) is 13.3. The van der Waals surface area contributed by atoms with Gasteiger partial charge in [0.05, 0.1) is 22.3 Å². The number of nitrogens with zero attached hydrogens (tertiary/aromatic N) is 4. The van der Waals surface area contributed by atoms with Crippen molar-refractivity contribution >= 4 is 22.4 Å². The smallest absolute Gasteiger partial charge is 0.164 e. The molecule has 1 aromatic heterocycles. The summed E-state index contributed by atoms with van der Waals surface area (Å²) in [5, 5.41) is 18.9. The first-order valence-electron chi connectivity index (χ1n) is 6.41. The molecule has 0 aliphatic carbocycles. The summed E-state index contributed by atoms with van der Waals surface area (Å²) in [6.07, 6.45) is 0. The summed E-state index contributed by atoms with van der Waals surface area (Å²) in [4.78, 5) is 8.66. The van der Waals surface area contributed by atoms with Crippen LogP contribution in [0.5, 0.6) is 0 Å². The lowest BCUT2D eigenvalue weighted by Gasteiger charge is -2.09. The first-order valence-corrected chi connectivity index (χ1v) is 6.41. The molecule has 6 heteroatoms. The van der Waals surface area contributed by atoms with Gasteiger partial charge >= 0.3 is 0 Å². The first-order chi connectivity index (χ1) is 10.7. The molecule has 4 N–H and O–H groups in total. The van der Waals surface area contributed by atoms with Crippen molar-refractivity contribution in [2.45, 2.75) is 0 Å². The lowest BCUT2D eigenvalue weighted by Crippen LogP contribution is -2.02. The Morgan fingerprint density at radius 2 is 1.55 bits per heavy atom. The van der Waals surface area contributed by atoms with Crippen LogP contribution in [0, 0.1) is 22.7 Å². The molecule has 0 radical (unpaired) electrons. The molecule has 104 valence electrons. The fraction of sp³-hybridized carbons (Fsp3) is 0. The van der Waals surface area contributed by atoms with E-state index in [0.29, 0.717) is 33.4 Å². The van der Waals surface area contributed by atoms with Crippen molar-refractivity contribution < 1.29 is 0 Å². The van der Waals surface area contributed by atoms with Crippen molar-refractivity contribution in [3.05, 3.63) is 47.5 Å². The molecule has 0 fully saturated rings. The van der Waals surface area contributed by atoms with E-state index in [4.69, 9.17) is 16.7 Å². The van der Waals surface area contributed by atoms with Crippen molar-refractivity contribution in [3.8, 4) is 23.5 Å². The molecule has 3 aromatic rings. The van der Waals surface area contributed by atoms with Gasteiger partial charge in [0.1, 0.15) is 18.0 Å². The van der Waals surface area contributed by atoms with E-state index in [2.05, 4.69) is 16.0 Å². The summed E-state index contributed by atoms with van der Waals surface area (Å²) in [6.45, 7) is 0. The minimum atomic E-state index is 0.263. The minimum Gasteiger partial charge on any atom is -0.397 e. The van der Waals surface area contributed by atoms with Gasteiger partial charge < -0.3 is 11.5 Å². The van der Waals surface area contributed by atoms with Gasteiger partial charge in [-0.05, 0) is 24.3 Å². The highest BCUT2D eigenvalue weighted by molar-refractivity contribution is 5.93. The van der Waals surface area contributed by atoms with Gasteiger partial charge in [0.2, 0.25) is 0 Å². The van der Waals surface area contributed by atoms with E-state index in [9.17, 15) is 5.26 Å². The normalized spacial score (nSPS) is 10.1. The molecule has 22 heavy (non-hydrogen) atoms. The van der Waals surface area contributed by atoms with Crippen LogP contribution in [0.25, 0.3) is 22.3 Å². The second-order valence-corrected chi connectivity index (χ2v) is 4.62. The number of anilines is 2. The van der Waals surface area contributed by atoms with Gasteiger partial charge in [-0.25, -0.2) is 9.97 Å². The molecule has 0 amide bonds. The van der Waals surface area contributed by atoms with Gasteiger partial charge in [0.25, 0.3) is 0 Å². The fourth-order valence-electron chi connectivity index (χ4n) is 2.24. The Kier molecular flexibility index (Phi) is 3.06. The van der Waals surface area contributed by atoms with Crippen molar-refractivity contribution in [1.82, 2.24) is 9.97 Å². The van der Waals surface area contributed by atoms with Gasteiger partial charge in [0.15, 0.2) is 5.82 Å². The van der Waals surface area contributed by atoms with Crippen LogP contribution in [0.15, 0.2) is 36.4 Å². The van der Waals surface area contributed by atoms with Gasteiger partial charge in [-0.15, -0.1) is 0 Å². The van der Waals surface area contributed by atoms with Crippen molar-refractivity contribution in [2.24, 2.45) is 0 Å². The Morgan fingerprint density at radius 1 is 0.864 bits per heavy atom. The highest BCUT2D eigenvalue weighted by Gasteiger charge is 2.13. The average molecular weight is 286 g/mol. The summed E-state index contributed by atoms with van der Waals surface area (Å²) < 4.78 is 0. The van der Waals surface area contributed by atoms with Crippen LogP contribution in [0.2, 0.25) is 0 Å². The number of hydrogen-bond donors (Lipinski definition) is 2. The fourth-order valence-corrected chi connectivity index (χ4v) is 2.24. The Bertz CT molecular complexity index is 978. The SMILES string of the molecule is N#Cc1cccc(-c2nc(N)c3cccc(C#N)c3n2)c1N. The maximum atomic E-state index is 9.21.